The fraction of sp³-hybridized carbons (Fsp3) is 0.562. The van der Waals surface area contributed by atoms with Crippen LogP contribution in [0.5, 0.6) is 0 Å². The molecule has 1 saturated carbocycles. The molecule has 0 aromatic heterocycles. The standard InChI is InChI=1S/C16H22BrNOS/c1-12-4-3-9-16(10-12,11-17)18-15(19)13-5-7-14(20-2)8-6-13/h5-8,12H,3-4,9-11H2,1-2H3,(H,18,19). The smallest absolute Gasteiger partial charge is 0.251 e. The average molecular weight is 356 g/mol. The molecule has 110 valence electrons. The molecule has 2 unspecified atom stereocenters. The zero-order chi connectivity index (χ0) is 14.6. The molecule has 1 fully saturated rings. The molecule has 0 radical (unpaired) electrons. The van der Waals surface area contributed by atoms with Crippen molar-refractivity contribution >= 4 is 33.6 Å². The molecular formula is C16H22BrNOS. The van der Waals surface area contributed by atoms with E-state index in [2.05, 4.69) is 28.2 Å². The number of hydrogen-bond acceptors (Lipinski definition) is 2. The summed E-state index contributed by atoms with van der Waals surface area (Å²) in [6.07, 6.45) is 6.63. The Bertz CT molecular complexity index is 462. The van der Waals surface area contributed by atoms with Crippen molar-refractivity contribution < 1.29 is 4.79 Å². The first-order valence-electron chi connectivity index (χ1n) is 7.11. The summed E-state index contributed by atoms with van der Waals surface area (Å²) in [5.74, 6) is 0.728. The topological polar surface area (TPSA) is 29.1 Å². The molecule has 0 heterocycles. The molecule has 1 aromatic rings. The van der Waals surface area contributed by atoms with E-state index >= 15 is 0 Å². The summed E-state index contributed by atoms with van der Waals surface area (Å²) in [4.78, 5) is 13.6. The van der Waals surface area contributed by atoms with Crippen LogP contribution >= 0.6 is 27.7 Å². The van der Waals surface area contributed by atoms with E-state index in [-0.39, 0.29) is 11.4 Å². The van der Waals surface area contributed by atoms with Crippen LogP contribution in [0.4, 0.5) is 0 Å². The zero-order valence-corrected chi connectivity index (χ0v) is 14.5. The van der Waals surface area contributed by atoms with E-state index in [1.54, 1.807) is 11.8 Å². The fourth-order valence-electron chi connectivity index (χ4n) is 2.98. The number of nitrogens with one attached hydrogen (secondary N) is 1. The van der Waals surface area contributed by atoms with Crippen LogP contribution in [0.3, 0.4) is 0 Å². The third kappa shape index (κ3) is 3.79. The summed E-state index contributed by atoms with van der Waals surface area (Å²) in [5, 5.41) is 4.11. The maximum Gasteiger partial charge on any atom is 0.251 e. The van der Waals surface area contributed by atoms with E-state index in [4.69, 9.17) is 0 Å². The van der Waals surface area contributed by atoms with Crippen LogP contribution in [0, 0.1) is 5.92 Å². The molecule has 0 spiro atoms. The van der Waals surface area contributed by atoms with E-state index in [9.17, 15) is 4.79 Å². The van der Waals surface area contributed by atoms with Gasteiger partial charge in [0.2, 0.25) is 0 Å². The van der Waals surface area contributed by atoms with Crippen LogP contribution in [0.2, 0.25) is 0 Å². The molecule has 1 N–H and O–H groups in total. The largest absolute Gasteiger partial charge is 0.346 e. The second-order valence-corrected chi connectivity index (χ2v) is 7.24. The zero-order valence-electron chi connectivity index (χ0n) is 12.1. The Hall–Kier alpha value is -0.480. The lowest BCUT2D eigenvalue weighted by atomic mass is 9.77. The van der Waals surface area contributed by atoms with Crippen molar-refractivity contribution in [3.63, 3.8) is 0 Å². The number of benzene rings is 1. The Labute approximate surface area is 134 Å². The summed E-state index contributed by atoms with van der Waals surface area (Å²) in [5.41, 5.74) is 0.675. The van der Waals surface area contributed by atoms with Gasteiger partial charge in [-0.3, -0.25) is 4.79 Å². The van der Waals surface area contributed by atoms with Crippen molar-refractivity contribution in [2.75, 3.05) is 11.6 Å². The lowest BCUT2D eigenvalue weighted by Crippen LogP contribution is -2.52. The molecule has 2 atom stereocenters. The number of carbonyl (C=O) groups excluding carboxylic acids is 1. The Morgan fingerprint density at radius 3 is 2.70 bits per heavy atom. The van der Waals surface area contributed by atoms with Crippen LogP contribution < -0.4 is 5.32 Å². The normalized spacial score (nSPS) is 26.2. The maximum atomic E-state index is 12.4. The van der Waals surface area contributed by atoms with Crippen molar-refractivity contribution in [1.82, 2.24) is 5.32 Å². The fourth-order valence-corrected chi connectivity index (χ4v) is 4.04. The molecule has 2 nitrogen and oxygen atoms in total. The first-order chi connectivity index (χ1) is 9.58. The van der Waals surface area contributed by atoms with E-state index < -0.39 is 0 Å². The maximum absolute atomic E-state index is 12.4. The summed E-state index contributed by atoms with van der Waals surface area (Å²) < 4.78 is 0. The van der Waals surface area contributed by atoms with Gasteiger partial charge in [0.05, 0.1) is 5.54 Å². The highest BCUT2D eigenvalue weighted by Gasteiger charge is 2.35. The minimum absolute atomic E-state index is 0.0474. The van der Waals surface area contributed by atoms with Crippen LogP contribution in [0.15, 0.2) is 29.2 Å². The van der Waals surface area contributed by atoms with Crippen molar-refractivity contribution in [1.29, 1.82) is 0 Å². The highest BCUT2D eigenvalue weighted by Crippen LogP contribution is 2.33. The highest BCUT2D eigenvalue weighted by molar-refractivity contribution is 9.09. The quantitative estimate of drug-likeness (QED) is 0.637. The van der Waals surface area contributed by atoms with Gasteiger partial charge in [0.15, 0.2) is 0 Å². The number of amides is 1. The van der Waals surface area contributed by atoms with Crippen molar-refractivity contribution in [2.24, 2.45) is 5.92 Å². The molecule has 0 saturated heterocycles. The summed E-state index contributed by atoms with van der Waals surface area (Å²) in [7, 11) is 0. The Morgan fingerprint density at radius 2 is 2.15 bits per heavy atom. The van der Waals surface area contributed by atoms with Gasteiger partial charge in [-0.2, -0.15) is 0 Å². The first kappa shape index (κ1) is 15.9. The molecule has 1 aliphatic carbocycles. The number of hydrogen-bond donors (Lipinski definition) is 1. The number of rotatable bonds is 4. The van der Waals surface area contributed by atoms with Crippen LogP contribution in [0.1, 0.15) is 43.0 Å². The minimum Gasteiger partial charge on any atom is -0.346 e. The molecule has 4 heteroatoms. The molecule has 1 amide bonds. The van der Waals surface area contributed by atoms with E-state index in [1.165, 1.54) is 17.7 Å². The lowest BCUT2D eigenvalue weighted by molar-refractivity contribution is 0.0869. The van der Waals surface area contributed by atoms with Crippen LogP contribution in [-0.2, 0) is 0 Å². The lowest BCUT2D eigenvalue weighted by Gasteiger charge is -2.39. The summed E-state index contributed by atoms with van der Waals surface area (Å²) in [6.45, 7) is 2.27. The second-order valence-electron chi connectivity index (χ2n) is 5.80. The van der Waals surface area contributed by atoms with Gasteiger partial charge in [-0.25, -0.2) is 0 Å². The molecule has 1 aliphatic rings. The molecule has 0 bridgehead atoms. The second kappa shape index (κ2) is 6.99. The Kier molecular flexibility index (Phi) is 5.56. The van der Waals surface area contributed by atoms with Gasteiger partial charge >= 0.3 is 0 Å². The average Bonchev–Trinajstić information content (AvgIpc) is 2.47. The molecular weight excluding hydrogens is 334 g/mol. The Morgan fingerprint density at radius 1 is 1.45 bits per heavy atom. The number of alkyl halides is 1. The predicted molar refractivity (Wildman–Crippen MR) is 89.8 cm³/mol. The van der Waals surface area contributed by atoms with Gasteiger partial charge in [0.1, 0.15) is 0 Å². The third-order valence-corrected chi connectivity index (χ3v) is 5.90. The van der Waals surface area contributed by atoms with Gasteiger partial charge in [0, 0.05) is 15.8 Å². The minimum atomic E-state index is -0.0765. The first-order valence-corrected chi connectivity index (χ1v) is 9.46. The van der Waals surface area contributed by atoms with Crippen molar-refractivity contribution in [3.8, 4) is 0 Å². The summed E-state index contributed by atoms with van der Waals surface area (Å²) >= 11 is 5.29. The van der Waals surface area contributed by atoms with Crippen molar-refractivity contribution in [2.45, 2.75) is 43.0 Å². The van der Waals surface area contributed by atoms with Gasteiger partial charge in [0.25, 0.3) is 5.91 Å². The Balaban J connectivity index is 2.08. The monoisotopic (exact) mass is 355 g/mol. The predicted octanol–water partition coefficient (Wildman–Crippen LogP) is 4.48. The highest BCUT2D eigenvalue weighted by atomic mass is 79.9. The van der Waals surface area contributed by atoms with E-state index in [0.717, 1.165) is 23.7 Å². The molecule has 1 aromatic carbocycles. The van der Waals surface area contributed by atoms with Crippen LogP contribution in [-0.4, -0.2) is 23.0 Å². The molecule has 2 rings (SSSR count). The third-order valence-electron chi connectivity index (χ3n) is 4.08. The number of thioether (sulfide) groups is 1. The molecule has 20 heavy (non-hydrogen) atoms. The van der Waals surface area contributed by atoms with Gasteiger partial charge < -0.3 is 5.32 Å². The van der Waals surface area contributed by atoms with Gasteiger partial charge in [-0.1, -0.05) is 35.7 Å². The number of carbonyl (C=O) groups is 1. The van der Waals surface area contributed by atoms with E-state index in [1.807, 2.05) is 30.5 Å². The molecule has 0 aliphatic heterocycles. The summed E-state index contributed by atoms with van der Waals surface area (Å²) in [6, 6.07) is 7.83. The van der Waals surface area contributed by atoms with Gasteiger partial charge in [-0.15, -0.1) is 11.8 Å². The SMILES string of the molecule is CSc1ccc(C(=O)NC2(CBr)CCCC(C)C2)cc1. The van der Waals surface area contributed by atoms with Gasteiger partial charge in [-0.05, 0) is 49.3 Å². The van der Waals surface area contributed by atoms with Crippen LogP contribution in [0.25, 0.3) is 0 Å². The number of halogens is 1. The van der Waals surface area contributed by atoms with E-state index in [0.29, 0.717) is 5.92 Å². The van der Waals surface area contributed by atoms with Crippen molar-refractivity contribution in [3.05, 3.63) is 29.8 Å².